The molecule has 13 heteroatoms. The first-order valence-electron chi connectivity index (χ1n) is 18.9. The minimum Gasteiger partial charge on any atom is -0.872 e. The van der Waals surface area contributed by atoms with E-state index in [9.17, 15) is 36.2 Å². The van der Waals surface area contributed by atoms with Crippen LogP contribution in [0.15, 0.2) is 94.7 Å². The van der Waals surface area contributed by atoms with E-state index in [0.717, 1.165) is 31.7 Å². The molecule has 55 heavy (non-hydrogen) atoms. The molecule has 0 amide bonds. The summed E-state index contributed by atoms with van der Waals surface area (Å²) in [6.07, 6.45) is 19.6. The summed E-state index contributed by atoms with van der Waals surface area (Å²) in [6, 6.07) is 22.4. The van der Waals surface area contributed by atoms with Crippen molar-refractivity contribution in [1.82, 2.24) is 0 Å². The Morgan fingerprint density at radius 1 is 0.545 bits per heavy atom. The minimum absolute atomic E-state index is 0. The van der Waals surface area contributed by atoms with Crippen LogP contribution < -0.4 is 14.6 Å². The molecule has 0 atom stereocenters. The van der Waals surface area contributed by atoms with Crippen LogP contribution >= 0.6 is 0 Å². The summed E-state index contributed by atoms with van der Waals surface area (Å²) in [7, 11) is -9.49. The third-order valence-corrected chi connectivity index (χ3v) is 10.7. The Morgan fingerprint density at radius 2 is 0.927 bits per heavy atom. The van der Waals surface area contributed by atoms with Crippen molar-refractivity contribution in [2.24, 2.45) is 0 Å². The van der Waals surface area contributed by atoms with Crippen molar-refractivity contribution in [2.75, 3.05) is 0 Å². The van der Waals surface area contributed by atoms with E-state index in [0.29, 0.717) is 11.5 Å². The molecule has 0 fully saturated rings. The molecule has 0 radical (unpaired) electrons. The number of hydrogen-bond donors (Lipinski definition) is 2. The van der Waals surface area contributed by atoms with Crippen LogP contribution in [0.2, 0.25) is 0 Å². The summed E-state index contributed by atoms with van der Waals surface area (Å²) in [5, 5.41) is 21.4. The van der Waals surface area contributed by atoms with Gasteiger partial charge < -0.3 is 24.2 Å². The normalized spacial score (nSPS) is 11.3. The van der Waals surface area contributed by atoms with Crippen molar-refractivity contribution in [3.05, 3.63) is 96.1 Å². The molecule has 10 nitrogen and oxygen atoms in total. The van der Waals surface area contributed by atoms with Gasteiger partial charge in [0.2, 0.25) is 0 Å². The van der Waals surface area contributed by atoms with E-state index in [1.807, 2.05) is 24.3 Å². The molecule has 0 heterocycles. The van der Waals surface area contributed by atoms with Crippen LogP contribution in [0.1, 0.15) is 115 Å². The monoisotopic (exact) mass is 822 g/mol. The van der Waals surface area contributed by atoms with Crippen molar-refractivity contribution in [1.29, 1.82) is 0 Å². The number of phenols is 1. The van der Waals surface area contributed by atoms with Gasteiger partial charge in [0.25, 0.3) is 0 Å². The quantitative estimate of drug-likeness (QED) is 0.0441. The summed E-state index contributed by atoms with van der Waals surface area (Å²) in [6.45, 7) is 4.43. The Balaban J connectivity index is 0.000000373. The molecular weight excluding hydrogens is 769 g/mol. The van der Waals surface area contributed by atoms with Crippen molar-refractivity contribution in [3.8, 4) is 34.5 Å². The number of aryl methyl sites for hydroxylation is 2. The van der Waals surface area contributed by atoms with Crippen LogP contribution in [0.3, 0.4) is 0 Å². The summed E-state index contributed by atoms with van der Waals surface area (Å²) >= 11 is 0. The van der Waals surface area contributed by atoms with Crippen LogP contribution in [-0.2, 0) is 33.1 Å². The zero-order valence-electron chi connectivity index (χ0n) is 32.1. The van der Waals surface area contributed by atoms with E-state index in [1.165, 1.54) is 119 Å². The number of unbranched alkanes of at least 4 members (excludes halogenated alkanes) is 12. The second-order valence-electron chi connectivity index (χ2n) is 13.4. The minimum atomic E-state index is -4.90. The van der Waals surface area contributed by atoms with Gasteiger partial charge in [0.15, 0.2) is 10.6 Å². The van der Waals surface area contributed by atoms with Gasteiger partial charge in [0.1, 0.15) is 33.1 Å². The topological polar surface area (TPSA) is 173 Å². The van der Waals surface area contributed by atoms with Crippen LogP contribution in [-0.4, -0.2) is 68.8 Å². The van der Waals surface area contributed by atoms with Gasteiger partial charge in [0, 0.05) is 0 Å². The van der Waals surface area contributed by atoms with Gasteiger partial charge in [-0.1, -0.05) is 139 Å². The number of benzene rings is 4. The molecule has 0 aliphatic rings. The van der Waals surface area contributed by atoms with E-state index in [-0.39, 0.29) is 49.2 Å². The Labute approximate surface area is 357 Å². The van der Waals surface area contributed by atoms with Gasteiger partial charge in [-0.15, -0.1) is 0 Å². The second-order valence-corrected chi connectivity index (χ2v) is 16.0. The molecule has 0 aromatic heterocycles. The molecule has 0 bridgehead atoms. The maximum atomic E-state index is 11.7. The van der Waals surface area contributed by atoms with Gasteiger partial charge >= 0.3 is 47.9 Å². The summed E-state index contributed by atoms with van der Waals surface area (Å²) < 4.78 is 77.2. The van der Waals surface area contributed by atoms with Gasteiger partial charge in [0.05, 0.1) is 4.90 Å². The maximum absolute atomic E-state index is 11.7. The van der Waals surface area contributed by atoms with Gasteiger partial charge in [-0.2, -0.15) is 8.42 Å². The molecule has 0 saturated carbocycles. The van der Waals surface area contributed by atoms with Gasteiger partial charge in [-0.25, -0.2) is 8.42 Å². The van der Waals surface area contributed by atoms with E-state index >= 15 is 0 Å². The Bertz CT molecular complexity index is 1770. The average Bonchev–Trinajstić information content (AvgIpc) is 3.11. The molecule has 4 aromatic carbocycles. The number of aromatic hydroxyl groups is 1. The Morgan fingerprint density at radius 3 is 1.33 bits per heavy atom. The second kappa shape index (κ2) is 25.4. The predicted octanol–water partition coefficient (Wildman–Crippen LogP) is 10.1. The van der Waals surface area contributed by atoms with E-state index < -0.39 is 41.5 Å². The van der Waals surface area contributed by atoms with Crippen LogP contribution in [0, 0.1) is 0 Å². The number of phenolic OH excluding ortho intramolecular Hbond substituents is 1. The molecule has 2 N–H and O–H groups in total. The van der Waals surface area contributed by atoms with Crippen molar-refractivity contribution in [3.63, 3.8) is 0 Å². The van der Waals surface area contributed by atoms with Crippen LogP contribution in [0.25, 0.3) is 0 Å². The smallest absolute Gasteiger partial charge is 0.872 e. The van der Waals surface area contributed by atoms with Crippen molar-refractivity contribution < 1.29 is 45.6 Å². The van der Waals surface area contributed by atoms with Crippen LogP contribution in [0.5, 0.6) is 34.5 Å². The standard InChI is InChI=1S/2C21H28O5S.Ca/c2*1-2-3-4-5-6-7-8-10-17-13-15-18(16-14-17)26-20-12-9-11-19(22)21(20)27(23,24)25;/h2*9,11-16,22H,2-8,10H2,1H3,(H,23,24,25);/q;;+2/p-2. The molecule has 4 rings (SSSR count). The zero-order chi connectivity index (χ0) is 39.4. The molecule has 0 aliphatic carbocycles. The summed E-state index contributed by atoms with van der Waals surface area (Å²) in [5.74, 6) is -0.944. The van der Waals surface area contributed by atoms with E-state index in [1.54, 1.807) is 24.3 Å². The number of hydrogen-bond acceptors (Lipinski definition) is 9. The maximum Gasteiger partial charge on any atom is 2.00 e. The van der Waals surface area contributed by atoms with Crippen molar-refractivity contribution in [2.45, 2.75) is 126 Å². The largest absolute Gasteiger partial charge is 2.00 e. The van der Waals surface area contributed by atoms with Gasteiger partial charge in [-0.3, -0.25) is 4.55 Å². The predicted molar refractivity (Wildman–Crippen MR) is 214 cm³/mol. The fraction of sp³-hybridized carbons (Fsp3) is 0.429. The first-order chi connectivity index (χ1) is 25.8. The van der Waals surface area contributed by atoms with Crippen molar-refractivity contribution >= 4 is 58.0 Å². The first-order valence-corrected chi connectivity index (χ1v) is 21.8. The Kier molecular flexibility index (Phi) is 22.3. The summed E-state index contributed by atoms with van der Waals surface area (Å²) in [5.41, 5.74) is 2.37. The first kappa shape index (κ1) is 48.3. The van der Waals surface area contributed by atoms with E-state index in [4.69, 9.17) is 9.47 Å². The molecular formula is C42H54CaO10S2. The fourth-order valence-electron chi connectivity index (χ4n) is 5.94. The molecule has 0 saturated heterocycles. The Hall–Kier alpha value is -2.84. The zero-order valence-corrected chi connectivity index (χ0v) is 35.9. The summed E-state index contributed by atoms with van der Waals surface area (Å²) in [4.78, 5) is -1.48. The molecule has 0 spiro atoms. The third kappa shape index (κ3) is 17.9. The van der Waals surface area contributed by atoms with Gasteiger partial charge in [-0.05, 0) is 79.3 Å². The average molecular weight is 823 g/mol. The SMILES string of the molecule is CCCCCCCCCc1ccc(Oc2cccc(O)c2S(=O)(=O)O)cc1.CCCCCCCCCc1ccc(Oc2cccc([O-])c2S(=O)(=O)[O-])cc1.[Ca+2]. The molecule has 0 aliphatic heterocycles. The molecule has 0 unspecified atom stereocenters. The molecule has 296 valence electrons. The third-order valence-electron chi connectivity index (χ3n) is 8.85. The number of ether oxygens (including phenoxy) is 2. The van der Waals surface area contributed by atoms with E-state index in [2.05, 4.69) is 13.8 Å². The van der Waals surface area contributed by atoms with Crippen LogP contribution in [0.4, 0.5) is 0 Å². The number of rotatable bonds is 22. The fourth-order valence-corrected chi connectivity index (χ4v) is 7.31. The molecule has 4 aromatic rings.